The Morgan fingerprint density at radius 1 is 0.518 bits per heavy atom. The maximum atomic E-state index is 5.35. The highest BCUT2D eigenvalue weighted by molar-refractivity contribution is 6.13. The van der Waals surface area contributed by atoms with Crippen molar-refractivity contribution >= 4 is 44.0 Å². The second kappa shape index (κ2) is 13.8. The largest absolute Gasteiger partial charge is 0.336 e. The van der Waals surface area contributed by atoms with Gasteiger partial charge in [0, 0.05) is 23.6 Å². The van der Waals surface area contributed by atoms with Crippen molar-refractivity contribution in [3.63, 3.8) is 0 Å². The van der Waals surface area contributed by atoms with E-state index in [1.54, 1.807) is 0 Å². The van der Waals surface area contributed by atoms with Crippen molar-refractivity contribution in [1.29, 1.82) is 0 Å². The summed E-state index contributed by atoms with van der Waals surface area (Å²) in [4.78, 5) is 12.8. The van der Waals surface area contributed by atoms with Crippen LogP contribution in [0.5, 0.6) is 0 Å². The van der Waals surface area contributed by atoms with Crippen LogP contribution in [0.25, 0.3) is 65.7 Å². The number of hydrogen-bond donors (Lipinski definition) is 0. The van der Waals surface area contributed by atoms with Gasteiger partial charge in [-0.15, -0.1) is 0 Å². The van der Waals surface area contributed by atoms with Crippen LogP contribution in [0, 0.1) is 5.41 Å². The maximum absolute atomic E-state index is 5.35. The molecule has 0 bridgehead atoms. The van der Waals surface area contributed by atoms with E-state index in [-0.39, 0.29) is 11.6 Å². The second-order valence-electron chi connectivity index (χ2n) is 15.3. The van der Waals surface area contributed by atoms with E-state index in [1.807, 2.05) is 0 Å². The lowest BCUT2D eigenvalue weighted by atomic mass is 9.79. The second-order valence-corrected chi connectivity index (χ2v) is 15.3. The van der Waals surface area contributed by atoms with E-state index in [4.69, 9.17) is 9.98 Å². The van der Waals surface area contributed by atoms with Crippen LogP contribution in [-0.2, 0) is 0 Å². The van der Waals surface area contributed by atoms with Crippen LogP contribution < -0.4 is 0 Å². The Kier molecular flexibility index (Phi) is 8.30. The van der Waals surface area contributed by atoms with Gasteiger partial charge in [-0.1, -0.05) is 195 Å². The Balaban J connectivity index is 1.02. The van der Waals surface area contributed by atoms with Crippen LogP contribution in [0.3, 0.4) is 0 Å². The molecule has 0 radical (unpaired) electrons. The molecule has 3 heteroatoms. The summed E-state index contributed by atoms with van der Waals surface area (Å²) in [5, 5.41) is 7.56. The molecule has 268 valence electrons. The standard InChI is InChI=1S/C53H41N3/c1-53(33-11-4-12-34-53)52-55-50(54-51(56(52)2)42-15-5-3-6-16-42)41-26-24-40(25-27-41)49-47-18-10-8-14-38(47)29-32-48(49)39-21-19-36(20-22-39)43-30-31-46-44(35-43)28-23-37-13-7-9-17-45(37)46/h3-33,35,52H,34H2,1-2H3. The van der Waals surface area contributed by atoms with Crippen LogP contribution in [0.4, 0.5) is 0 Å². The Labute approximate surface area is 328 Å². The van der Waals surface area contributed by atoms with Gasteiger partial charge in [-0.3, -0.25) is 0 Å². The molecular weight excluding hydrogens is 679 g/mol. The molecule has 0 amide bonds. The molecule has 0 fully saturated rings. The zero-order chi connectivity index (χ0) is 37.6. The van der Waals surface area contributed by atoms with Crippen molar-refractivity contribution in [2.45, 2.75) is 19.5 Å². The minimum atomic E-state index is -0.165. The molecule has 2 atom stereocenters. The van der Waals surface area contributed by atoms with Crippen molar-refractivity contribution in [2.75, 3.05) is 7.05 Å². The fourth-order valence-electron chi connectivity index (χ4n) is 8.69. The lowest BCUT2D eigenvalue weighted by molar-refractivity contribution is 0.207. The summed E-state index contributed by atoms with van der Waals surface area (Å²) in [5.74, 6) is 1.70. The monoisotopic (exact) mass is 719 g/mol. The first kappa shape index (κ1) is 33.7. The number of aliphatic imine (C=N–C) groups is 2. The molecule has 56 heavy (non-hydrogen) atoms. The maximum Gasteiger partial charge on any atom is 0.159 e. The first-order valence-electron chi connectivity index (χ1n) is 19.5. The van der Waals surface area contributed by atoms with E-state index in [9.17, 15) is 0 Å². The van der Waals surface area contributed by atoms with Crippen LogP contribution in [0.15, 0.2) is 204 Å². The average molecular weight is 720 g/mol. The molecule has 3 nitrogen and oxygen atoms in total. The fraction of sp³-hybridized carbons (Fsp3) is 0.0943. The lowest BCUT2D eigenvalue weighted by Crippen LogP contribution is -2.49. The summed E-state index contributed by atoms with van der Waals surface area (Å²) in [6, 6.07) is 61.5. The molecule has 0 spiro atoms. The number of fused-ring (bicyclic) bond motifs is 4. The van der Waals surface area contributed by atoms with Crippen LogP contribution in [-0.4, -0.2) is 29.8 Å². The fourth-order valence-corrected chi connectivity index (χ4v) is 8.69. The molecule has 0 aromatic heterocycles. The number of allylic oxidation sites excluding steroid dienone is 3. The number of hydrogen-bond acceptors (Lipinski definition) is 3. The van der Waals surface area contributed by atoms with Gasteiger partial charge in [0.15, 0.2) is 5.84 Å². The van der Waals surface area contributed by atoms with Gasteiger partial charge < -0.3 is 4.90 Å². The smallest absolute Gasteiger partial charge is 0.159 e. The first-order chi connectivity index (χ1) is 27.5. The molecule has 0 N–H and O–H groups in total. The van der Waals surface area contributed by atoms with E-state index in [0.717, 1.165) is 34.8 Å². The molecule has 8 aromatic rings. The predicted molar refractivity (Wildman–Crippen MR) is 237 cm³/mol. The highest BCUT2D eigenvalue weighted by Crippen LogP contribution is 2.41. The summed E-state index contributed by atoms with van der Waals surface area (Å²) in [6.07, 6.45) is 9.63. The van der Waals surface area contributed by atoms with Crippen molar-refractivity contribution < 1.29 is 0 Å². The quantitative estimate of drug-likeness (QED) is 0.157. The Morgan fingerprint density at radius 2 is 1.12 bits per heavy atom. The van der Waals surface area contributed by atoms with E-state index < -0.39 is 0 Å². The lowest BCUT2D eigenvalue weighted by Gasteiger charge is -2.42. The Hall–Kier alpha value is -6.84. The predicted octanol–water partition coefficient (Wildman–Crippen LogP) is 13.1. The zero-order valence-electron chi connectivity index (χ0n) is 31.6. The molecule has 0 saturated carbocycles. The number of rotatable bonds is 6. The third-order valence-corrected chi connectivity index (χ3v) is 11.7. The highest BCUT2D eigenvalue weighted by Gasteiger charge is 2.38. The Morgan fingerprint density at radius 3 is 1.89 bits per heavy atom. The first-order valence-corrected chi connectivity index (χ1v) is 19.5. The Bertz CT molecular complexity index is 2900. The summed E-state index contributed by atoms with van der Waals surface area (Å²) in [7, 11) is 2.12. The van der Waals surface area contributed by atoms with Crippen LogP contribution >= 0.6 is 0 Å². The van der Waals surface area contributed by atoms with E-state index in [0.29, 0.717) is 0 Å². The van der Waals surface area contributed by atoms with E-state index in [2.05, 4.69) is 213 Å². The minimum absolute atomic E-state index is 0.104. The molecule has 2 aliphatic rings. The topological polar surface area (TPSA) is 28.0 Å². The van der Waals surface area contributed by atoms with Crippen molar-refractivity contribution in [3.05, 3.63) is 205 Å². The SMILES string of the molecule is CN1C(c2ccccc2)=NC(c2ccc(-c3c(-c4ccc(-c5ccc6c(ccc7ccccc76)c5)cc4)ccc4ccccc34)cc2)=NC1C1(C)C=CC=CC1. The van der Waals surface area contributed by atoms with Gasteiger partial charge in [-0.05, 0) is 78.2 Å². The van der Waals surface area contributed by atoms with Gasteiger partial charge in [-0.2, -0.15) is 0 Å². The highest BCUT2D eigenvalue weighted by atomic mass is 15.3. The van der Waals surface area contributed by atoms with E-state index in [1.165, 1.54) is 60.1 Å². The molecule has 8 aromatic carbocycles. The third-order valence-electron chi connectivity index (χ3n) is 11.7. The normalized spacial score (nSPS) is 18.0. The molecule has 1 aliphatic heterocycles. The van der Waals surface area contributed by atoms with Gasteiger partial charge in [0.1, 0.15) is 12.0 Å². The van der Waals surface area contributed by atoms with Gasteiger partial charge >= 0.3 is 0 Å². The van der Waals surface area contributed by atoms with Crippen molar-refractivity contribution in [3.8, 4) is 33.4 Å². The summed E-state index contributed by atoms with van der Waals surface area (Å²) < 4.78 is 0. The molecular formula is C53H41N3. The van der Waals surface area contributed by atoms with Crippen molar-refractivity contribution in [1.82, 2.24) is 4.90 Å². The van der Waals surface area contributed by atoms with Crippen LogP contribution in [0.2, 0.25) is 0 Å². The minimum Gasteiger partial charge on any atom is -0.336 e. The van der Waals surface area contributed by atoms with E-state index >= 15 is 0 Å². The summed E-state index contributed by atoms with van der Waals surface area (Å²) >= 11 is 0. The summed E-state index contributed by atoms with van der Waals surface area (Å²) in [6.45, 7) is 2.30. The molecule has 1 aliphatic carbocycles. The van der Waals surface area contributed by atoms with Crippen molar-refractivity contribution in [2.24, 2.45) is 15.4 Å². The van der Waals surface area contributed by atoms with Gasteiger partial charge in [0.05, 0.1) is 0 Å². The van der Waals surface area contributed by atoms with Gasteiger partial charge in [0.2, 0.25) is 0 Å². The van der Waals surface area contributed by atoms with Crippen LogP contribution in [0.1, 0.15) is 24.5 Å². The number of benzene rings is 8. The molecule has 2 unspecified atom stereocenters. The molecule has 0 saturated heterocycles. The molecule has 1 heterocycles. The van der Waals surface area contributed by atoms with Gasteiger partial charge in [-0.25, -0.2) is 9.98 Å². The third kappa shape index (κ3) is 5.93. The number of nitrogens with zero attached hydrogens (tertiary/aromatic N) is 3. The summed E-state index contributed by atoms with van der Waals surface area (Å²) in [5.41, 5.74) is 9.14. The number of amidine groups is 2. The van der Waals surface area contributed by atoms with Gasteiger partial charge in [0.25, 0.3) is 0 Å². The zero-order valence-corrected chi connectivity index (χ0v) is 31.6. The average Bonchev–Trinajstić information content (AvgIpc) is 3.26. The molecule has 10 rings (SSSR count).